The van der Waals surface area contributed by atoms with Crippen LogP contribution in [0, 0.1) is 33.6 Å². The largest absolute Gasteiger partial charge is 0.383 e. The number of hydrogen-bond acceptors (Lipinski definition) is 3. The second-order valence-corrected chi connectivity index (χ2v) is 7.57. The summed E-state index contributed by atoms with van der Waals surface area (Å²) in [6, 6.07) is 2.15. The molecule has 0 saturated carbocycles. The molecule has 1 fully saturated rings. The van der Waals surface area contributed by atoms with Gasteiger partial charge >= 0.3 is 0 Å². The van der Waals surface area contributed by atoms with Crippen molar-refractivity contribution in [3.63, 3.8) is 0 Å². The Labute approximate surface area is 157 Å². The molecule has 1 aromatic carbocycles. The van der Waals surface area contributed by atoms with E-state index < -0.39 is 0 Å². The molecular weight excluding hydrogens is 328 g/mol. The van der Waals surface area contributed by atoms with E-state index in [2.05, 4.69) is 25.2 Å². The molecule has 1 saturated heterocycles. The molecule has 5 heteroatoms. The van der Waals surface area contributed by atoms with Gasteiger partial charge in [0, 0.05) is 37.7 Å². The van der Waals surface area contributed by atoms with Gasteiger partial charge in [-0.3, -0.25) is 9.59 Å². The lowest BCUT2D eigenvalue weighted by Crippen LogP contribution is -2.45. The van der Waals surface area contributed by atoms with Crippen LogP contribution in [0.1, 0.15) is 52.4 Å². The predicted octanol–water partition coefficient (Wildman–Crippen LogP) is 2.92. The number of methoxy groups -OCH3 is 1. The van der Waals surface area contributed by atoms with Gasteiger partial charge in [-0.1, -0.05) is 6.07 Å². The number of ether oxygens (including phenoxy) is 1. The second-order valence-electron chi connectivity index (χ2n) is 7.57. The molecular formula is C21H32N2O3. The van der Waals surface area contributed by atoms with Crippen LogP contribution in [0.25, 0.3) is 0 Å². The zero-order valence-electron chi connectivity index (χ0n) is 16.9. The maximum absolute atomic E-state index is 13.1. The van der Waals surface area contributed by atoms with Crippen molar-refractivity contribution < 1.29 is 14.3 Å². The Kier molecular flexibility index (Phi) is 6.81. The van der Waals surface area contributed by atoms with Gasteiger partial charge in [-0.05, 0) is 69.7 Å². The highest BCUT2D eigenvalue weighted by molar-refractivity contribution is 5.98. The first-order chi connectivity index (χ1) is 12.3. The van der Waals surface area contributed by atoms with Gasteiger partial charge in [0.25, 0.3) is 5.91 Å². The van der Waals surface area contributed by atoms with E-state index in [1.807, 2.05) is 25.7 Å². The number of benzene rings is 1. The molecule has 0 spiro atoms. The minimum atomic E-state index is -0.0280. The first-order valence-corrected chi connectivity index (χ1v) is 9.42. The van der Waals surface area contributed by atoms with E-state index in [1.54, 1.807) is 7.11 Å². The second kappa shape index (κ2) is 8.67. The number of hydrogen-bond donors (Lipinski definition) is 1. The predicted molar refractivity (Wildman–Crippen MR) is 103 cm³/mol. The zero-order valence-corrected chi connectivity index (χ0v) is 16.9. The van der Waals surface area contributed by atoms with Crippen LogP contribution in [0.4, 0.5) is 0 Å². The highest BCUT2D eigenvalue weighted by Crippen LogP contribution is 2.26. The molecule has 1 heterocycles. The summed E-state index contributed by atoms with van der Waals surface area (Å²) < 4.78 is 5.06. The average molecular weight is 360 g/mol. The molecule has 1 aliphatic rings. The molecule has 0 aromatic heterocycles. The van der Waals surface area contributed by atoms with Crippen LogP contribution in [-0.2, 0) is 9.53 Å². The number of nitrogens with zero attached hydrogens (tertiary/aromatic N) is 1. The van der Waals surface area contributed by atoms with Crippen LogP contribution >= 0.6 is 0 Å². The monoisotopic (exact) mass is 360 g/mol. The molecule has 2 rings (SSSR count). The number of nitrogens with one attached hydrogen (secondary N) is 1. The Morgan fingerprint density at radius 2 is 1.69 bits per heavy atom. The number of rotatable bonds is 5. The van der Waals surface area contributed by atoms with E-state index in [-0.39, 0.29) is 23.8 Å². The van der Waals surface area contributed by atoms with Crippen LogP contribution in [0.3, 0.4) is 0 Å². The molecule has 0 unspecified atom stereocenters. The molecule has 1 aliphatic heterocycles. The number of carbonyl (C=O) groups excluding carboxylic acids is 2. The fourth-order valence-corrected chi connectivity index (χ4v) is 3.69. The van der Waals surface area contributed by atoms with Gasteiger partial charge in [-0.2, -0.15) is 0 Å². The van der Waals surface area contributed by atoms with Crippen molar-refractivity contribution >= 4 is 11.8 Å². The molecule has 0 bridgehead atoms. The SMILES string of the molecule is COC[C@H](C)NC(=O)C1CCN(C(=O)c2c(C)c(C)cc(C)c2C)CC1. The lowest BCUT2D eigenvalue weighted by molar-refractivity contribution is -0.127. The Bertz CT molecular complexity index is 650. The van der Waals surface area contributed by atoms with Crippen LogP contribution in [0.5, 0.6) is 0 Å². The van der Waals surface area contributed by atoms with Crippen molar-refractivity contribution in [2.24, 2.45) is 5.92 Å². The molecule has 1 atom stereocenters. The molecule has 2 amide bonds. The zero-order chi connectivity index (χ0) is 19.4. The standard InChI is InChI=1S/C21H32N2O3/c1-13-11-14(2)17(5)19(16(13)4)21(25)23-9-7-18(8-10-23)20(24)22-15(3)12-26-6/h11,15,18H,7-10,12H2,1-6H3,(H,22,24)/t15-/m0/s1. The number of piperidine rings is 1. The van der Waals surface area contributed by atoms with E-state index in [1.165, 1.54) is 0 Å². The summed E-state index contributed by atoms with van der Waals surface area (Å²) in [7, 11) is 1.63. The fraction of sp³-hybridized carbons (Fsp3) is 0.619. The van der Waals surface area contributed by atoms with Gasteiger partial charge in [0.05, 0.1) is 6.61 Å². The molecule has 1 N–H and O–H groups in total. The lowest BCUT2D eigenvalue weighted by atomic mass is 9.91. The van der Waals surface area contributed by atoms with Crippen LogP contribution in [0.15, 0.2) is 6.07 Å². The average Bonchev–Trinajstić information content (AvgIpc) is 2.60. The summed E-state index contributed by atoms with van der Waals surface area (Å²) in [6.45, 7) is 11.8. The quantitative estimate of drug-likeness (QED) is 0.878. The molecule has 26 heavy (non-hydrogen) atoms. The summed E-state index contributed by atoms with van der Waals surface area (Å²) in [6.07, 6.45) is 1.42. The highest BCUT2D eigenvalue weighted by Gasteiger charge is 2.29. The van der Waals surface area contributed by atoms with Crippen molar-refractivity contribution in [3.8, 4) is 0 Å². The third-order valence-electron chi connectivity index (χ3n) is 5.54. The Morgan fingerprint density at radius 1 is 1.15 bits per heavy atom. The summed E-state index contributed by atoms with van der Waals surface area (Å²) in [5, 5.41) is 2.99. The number of likely N-dealkylation sites (tertiary alicyclic amines) is 1. The van der Waals surface area contributed by atoms with Crippen molar-refractivity contribution in [2.75, 3.05) is 26.8 Å². The number of amides is 2. The molecule has 1 aromatic rings. The first kappa shape index (κ1) is 20.4. The topological polar surface area (TPSA) is 58.6 Å². The third kappa shape index (κ3) is 4.44. The van der Waals surface area contributed by atoms with Gasteiger partial charge < -0.3 is 15.0 Å². The Morgan fingerprint density at radius 3 is 2.19 bits per heavy atom. The number of aryl methyl sites for hydroxylation is 2. The minimum absolute atomic E-state index is 0.00716. The normalized spacial score (nSPS) is 16.5. The first-order valence-electron chi connectivity index (χ1n) is 9.42. The van der Waals surface area contributed by atoms with Crippen LogP contribution < -0.4 is 5.32 Å². The van der Waals surface area contributed by atoms with E-state index in [0.29, 0.717) is 32.5 Å². The van der Waals surface area contributed by atoms with Crippen molar-refractivity contribution in [1.82, 2.24) is 10.2 Å². The summed E-state index contributed by atoms with van der Waals surface area (Å²) in [5.41, 5.74) is 5.26. The van der Waals surface area contributed by atoms with Crippen molar-refractivity contribution in [3.05, 3.63) is 33.9 Å². The summed E-state index contributed by atoms with van der Waals surface area (Å²) in [4.78, 5) is 27.4. The Balaban J connectivity index is 2.02. The van der Waals surface area contributed by atoms with Crippen molar-refractivity contribution in [1.29, 1.82) is 0 Å². The lowest BCUT2D eigenvalue weighted by Gasteiger charge is -2.33. The van der Waals surface area contributed by atoms with Gasteiger partial charge in [-0.15, -0.1) is 0 Å². The van der Waals surface area contributed by atoms with E-state index in [9.17, 15) is 9.59 Å². The van der Waals surface area contributed by atoms with Crippen LogP contribution in [0.2, 0.25) is 0 Å². The van der Waals surface area contributed by atoms with Crippen LogP contribution in [-0.4, -0.2) is 49.6 Å². The fourth-order valence-electron chi connectivity index (χ4n) is 3.69. The minimum Gasteiger partial charge on any atom is -0.383 e. The van der Waals surface area contributed by atoms with Gasteiger partial charge in [0.1, 0.15) is 0 Å². The molecule has 5 nitrogen and oxygen atoms in total. The highest BCUT2D eigenvalue weighted by atomic mass is 16.5. The summed E-state index contributed by atoms with van der Waals surface area (Å²) >= 11 is 0. The number of carbonyl (C=O) groups is 2. The third-order valence-corrected chi connectivity index (χ3v) is 5.54. The maximum atomic E-state index is 13.1. The maximum Gasteiger partial charge on any atom is 0.254 e. The van der Waals surface area contributed by atoms with Gasteiger partial charge in [0.2, 0.25) is 5.91 Å². The molecule has 0 aliphatic carbocycles. The summed E-state index contributed by atoms with van der Waals surface area (Å²) in [5.74, 6) is 0.138. The van der Waals surface area contributed by atoms with E-state index >= 15 is 0 Å². The smallest absolute Gasteiger partial charge is 0.254 e. The van der Waals surface area contributed by atoms with E-state index in [4.69, 9.17) is 4.74 Å². The Hall–Kier alpha value is -1.88. The molecule has 144 valence electrons. The van der Waals surface area contributed by atoms with Crippen molar-refractivity contribution in [2.45, 2.75) is 53.5 Å². The van der Waals surface area contributed by atoms with Gasteiger partial charge in [0.15, 0.2) is 0 Å². The van der Waals surface area contributed by atoms with Gasteiger partial charge in [-0.25, -0.2) is 0 Å². The van der Waals surface area contributed by atoms with E-state index in [0.717, 1.165) is 27.8 Å². The molecule has 0 radical (unpaired) electrons.